The topological polar surface area (TPSA) is 57.0 Å². The van der Waals surface area contributed by atoms with Gasteiger partial charge in [-0.05, 0) is 12.1 Å². The molecule has 28 heavy (non-hydrogen) atoms. The van der Waals surface area contributed by atoms with Gasteiger partial charge in [0.15, 0.2) is 29.1 Å². The molecular weight excluding hydrogens is 398 g/mol. The quantitative estimate of drug-likeness (QED) is 0.365. The lowest BCUT2D eigenvalue weighted by Crippen LogP contribution is -2.34. The molecule has 2 aromatic carbocycles. The van der Waals surface area contributed by atoms with Crippen molar-refractivity contribution in [2.24, 2.45) is 0 Å². The van der Waals surface area contributed by atoms with E-state index in [1.807, 2.05) is 6.07 Å². The van der Waals surface area contributed by atoms with Crippen LogP contribution >= 0.6 is 11.6 Å². The molecule has 0 radical (unpaired) electrons. The van der Waals surface area contributed by atoms with Gasteiger partial charge in [0.05, 0.1) is 17.6 Å². The Balaban J connectivity index is 2.20. The molecule has 0 saturated heterocycles. The Bertz CT molecular complexity index is 1100. The number of nitriles is 1. The first-order valence-corrected chi connectivity index (χ1v) is 8.39. The zero-order valence-electron chi connectivity index (χ0n) is 14.0. The minimum Gasteiger partial charge on any atom is -0.290 e. The van der Waals surface area contributed by atoms with E-state index in [9.17, 15) is 27.6 Å². The van der Waals surface area contributed by atoms with Gasteiger partial charge in [-0.2, -0.15) is 5.26 Å². The van der Waals surface area contributed by atoms with Crippen LogP contribution in [-0.2, 0) is 11.3 Å². The van der Waals surface area contributed by atoms with Crippen LogP contribution in [0.1, 0.15) is 11.1 Å². The van der Waals surface area contributed by atoms with E-state index < -0.39 is 47.2 Å². The third-order valence-corrected chi connectivity index (χ3v) is 4.24. The van der Waals surface area contributed by atoms with Crippen molar-refractivity contribution < 1.29 is 22.4 Å². The number of carbonyl (C=O) groups excluding carboxylic acids is 1. The Kier molecular flexibility index (Phi) is 5.47. The number of aromatic nitrogens is 1. The molecule has 9 heteroatoms. The van der Waals surface area contributed by atoms with E-state index in [1.54, 1.807) is 24.3 Å². The molecule has 0 bridgehead atoms. The number of para-hydroxylation sites is 1. The average molecular weight is 408 g/mol. The summed E-state index contributed by atoms with van der Waals surface area (Å²) in [5.74, 6) is -8.21. The van der Waals surface area contributed by atoms with Crippen molar-refractivity contribution in [3.8, 4) is 6.07 Å². The van der Waals surface area contributed by atoms with Crippen molar-refractivity contribution in [3.63, 3.8) is 0 Å². The highest BCUT2D eigenvalue weighted by Crippen LogP contribution is 2.27. The maximum absolute atomic E-state index is 14.1. The first-order chi connectivity index (χ1) is 13.4. The molecule has 0 aliphatic carbocycles. The molecular formula is C19H10ClF4N3O. The molecule has 1 aromatic heterocycles. The Labute approximate surface area is 161 Å². The van der Waals surface area contributed by atoms with E-state index in [0.717, 1.165) is 4.90 Å². The normalized spacial score (nSPS) is 10.7. The summed E-state index contributed by atoms with van der Waals surface area (Å²) in [6, 6.07) is 10.0. The number of carbonyl (C=O) groups is 1. The van der Waals surface area contributed by atoms with E-state index in [0.29, 0.717) is 10.9 Å². The van der Waals surface area contributed by atoms with Gasteiger partial charge >= 0.3 is 0 Å². The molecule has 0 saturated carbocycles. The highest BCUT2D eigenvalue weighted by molar-refractivity contribution is 6.29. The smallest absolute Gasteiger partial charge is 0.243 e. The van der Waals surface area contributed by atoms with E-state index in [1.165, 1.54) is 6.07 Å². The van der Waals surface area contributed by atoms with Gasteiger partial charge in [0.25, 0.3) is 0 Å². The third-order valence-electron chi connectivity index (χ3n) is 4.01. The molecule has 0 unspecified atom stereocenters. The van der Waals surface area contributed by atoms with E-state index >= 15 is 0 Å². The zero-order chi connectivity index (χ0) is 20.4. The number of fused-ring (bicyclic) bond motifs is 1. The highest BCUT2D eigenvalue weighted by atomic mass is 35.5. The molecule has 0 fully saturated rings. The number of pyridine rings is 1. The molecule has 0 N–H and O–H groups in total. The lowest BCUT2D eigenvalue weighted by atomic mass is 10.1. The second-order valence-corrected chi connectivity index (χ2v) is 5.99. The lowest BCUT2D eigenvalue weighted by Gasteiger charge is -2.23. The number of alkyl halides is 1. The van der Waals surface area contributed by atoms with Crippen LogP contribution in [0.3, 0.4) is 0 Å². The highest BCUT2D eigenvalue weighted by Gasteiger charge is 2.26. The van der Waals surface area contributed by atoms with Crippen LogP contribution in [0.5, 0.6) is 0 Å². The number of nitrogens with zero attached hydrogens (tertiary/aromatic N) is 3. The van der Waals surface area contributed by atoms with Crippen molar-refractivity contribution in [3.05, 3.63) is 70.8 Å². The van der Waals surface area contributed by atoms with Gasteiger partial charge in [-0.1, -0.05) is 18.2 Å². The second-order valence-electron chi connectivity index (χ2n) is 5.72. The molecule has 0 spiro atoms. The number of benzene rings is 2. The summed E-state index contributed by atoms with van der Waals surface area (Å²) in [7, 11) is 0. The van der Waals surface area contributed by atoms with Crippen LogP contribution in [0.2, 0.25) is 0 Å². The molecule has 3 aromatic rings. The summed E-state index contributed by atoms with van der Waals surface area (Å²) in [4.78, 5) is 17.3. The van der Waals surface area contributed by atoms with Gasteiger partial charge < -0.3 is 0 Å². The summed E-state index contributed by atoms with van der Waals surface area (Å²) in [6.07, 6.45) is 0. The number of hydrogen-bond acceptors (Lipinski definition) is 3. The third kappa shape index (κ3) is 3.49. The predicted molar refractivity (Wildman–Crippen MR) is 94.6 cm³/mol. The first-order valence-electron chi connectivity index (χ1n) is 7.85. The molecule has 0 aliphatic heterocycles. The van der Waals surface area contributed by atoms with Gasteiger partial charge in [-0.3, -0.25) is 9.69 Å². The fraction of sp³-hybridized carbons (Fsp3) is 0.105. The van der Waals surface area contributed by atoms with E-state index in [4.69, 9.17) is 11.6 Å². The fourth-order valence-corrected chi connectivity index (χ4v) is 2.81. The molecule has 0 atom stereocenters. The lowest BCUT2D eigenvalue weighted by molar-refractivity contribution is -0.116. The van der Waals surface area contributed by atoms with Gasteiger partial charge in [0, 0.05) is 17.0 Å². The van der Waals surface area contributed by atoms with Crippen LogP contribution in [-0.4, -0.2) is 16.8 Å². The summed E-state index contributed by atoms with van der Waals surface area (Å²) in [5.41, 5.74) is -0.695. The van der Waals surface area contributed by atoms with Gasteiger partial charge in [-0.15, -0.1) is 11.6 Å². The molecule has 1 amide bonds. The van der Waals surface area contributed by atoms with E-state index in [-0.39, 0.29) is 17.4 Å². The van der Waals surface area contributed by atoms with E-state index in [2.05, 4.69) is 4.98 Å². The zero-order valence-corrected chi connectivity index (χ0v) is 14.8. The molecule has 3 rings (SSSR count). The van der Waals surface area contributed by atoms with Crippen molar-refractivity contribution in [2.75, 3.05) is 10.8 Å². The van der Waals surface area contributed by atoms with Crippen LogP contribution in [0.4, 0.5) is 23.4 Å². The van der Waals surface area contributed by atoms with Crippen molar-refractivity contribution in [2.45, 2.75) is 6.54 Å². The number of amides is 1. The average Bonchev–Trinajstić information content (AvgIpc) is 2.71. The number of rotatable bonds is 4. The van der Waals surface area contributed by atoms with Crippen LogP contribution in [0, 0.1) is 34.6 Å². The molecule has 1 heterocycles. The number of halogens is 5. The van der Waals surface area contributed by atoms with Crippen molar-refractivity contribution >= 4 is 34.2 Å². The summed E-state index contributed by atoms with van der Waals surface area (Å²) in [5, 5.41) is 10.0. The summed E-state index contributed by atoms with van der Waals surface area (Å²) < 4.78 is 55.2. The Morgan fingerprint density at radius 1 is 1.11 bits per heavy atom. The summed E-state index contributed by atoms with van der Waals surface area (Å²) in [6.45, 7) is -0.905. The second kappa shape index (κ2) is 7.82. The van der Waals surface area contributed by atoms with Crippen molar-refractivity contribution in [1.29, 1.82) is 5.26 Å². The van der Waals surface area contributed by atoms with Crippen LogP contribution in [0.25, 0.3) is 10.9 Å². The summed E-state index contributed by atoms with van der Waals surface area (Å²) >= 11 is 5.58. The standard InChI is InChI=1S/C19H10ClF4N3O/c20-7-16(28)27(9-12-17(23)13(21)6-14(22)18(12)24)19-11(8-25)5-10-3-1-2-4-15(10)26-19/h1-6H,7,9H2. The number of hydrogen-bond donors (Lipinski definition) is 0. The Morgan fingerprint density at radius 2 is 1.75 bits per heavy atom. The molecule has 4 nitrogen and oxygen atoms in total. The monoisotopic (exact) mass is 407 g/mol. The minimum absolute atomic E-state index is 0.0663. The molecule has 0 aliphatic rings. The number of anilines is 1. The maximum Gasteiger partial charge on any atom is 0.243 e. The van der Waals surface area contributed by atoms with Gasteiger partial charge in [0.1, 0.15) is 11.9 Å². The molecule has 142 valence electrons. The van der Waals surface area contributed by atoms with Gasteiger partial charge in [-0.25, -0.2) is 22.5 Å². The largest absolute Gasteiger partial charge is 0.290 e. The van der Waals surface area contributed by atoms with Crippen molar-refractivity contribution in [1.82, 2.24) is 4.98 Å². The fourth-order valence-electron chi connectivity index (χ4n) is 2.67. The van der Waals surface area contributed by atoms with Crippen LogP contribution in [0.15, 0.2) is 36.4 Å². The maximum atomic E-state index is 14.1. The van der Waals surface area contributed by atoms with Gasteiger partial charge in [0.2, 0.25) is 5.91 Å². The Morgan fingerprint density at radius 3 is 2.36 bits per heavy atom. The predicted octanol–water partition coefficient (Wildman–Crippen LogP) is 4.43. The minimum atomic E-state index is -1.65. The van der Waals surface area contributed by atoms with Crippen LogP contribution < -0.4 is 4.90 Å². The Hall–Kier alpha value is -3.18. The SMILES string of the molecule is N#Cc1cc2ccccc2nc1N(Cc1c(F)c(F)cc(F)c1F)C(=O)CCl. The first kappa shape index (κ1) is 19.6.